The van der Waals surface area contributed by atoms with Gasteiger partial charge in [0.2, 0.25) is 10.0 Å². The van der Waals surface area contributed by atoms with Crippen molar-refractivity contribution in [2.45, 2.75) is 18.2 Å². The lowest BCUT2D eigenvalue weighted by molar-refractivity contribution is 0.580. The minimum absolute atomic E-state index is 0.309. The zero-order valence-corrected chi connectivity index (χ0v) is 12.7. The number of nitrogens with one attached hydrogen (secondary N) is 1. The predicted molar refractivity (Wildman–Crippen MR) is 72.3 cm³/mol. The Kier molecular flexibility index (Phi) is 5.01. The molecule has 0 unspecified atom stereocenters. The maximum Gasteiger partial charge on any atom is 0.240 e. The molecule has 0 atom stereocenters. The van der Waals surface area contributed by atoms with Gasteiger partial charge in [-0.05, 0) is 63.1 Å². The fourth-order valence-corrected chi connectivity index (χ4v) is 3.10. The monoisotopic (exact) mass is 403 g/mol. The lowest BCUT2D eigenvalue weighted by Crippen LogP contribution is -2.24. The van der Waals surface area contributed by atoms with Crippen molar-refractivity contribution in [2.75, 3.05) is 6.54 Å². The Labute approximate surface area is 112 Å². The first-order chi connectivity index (χ1) is 6.97. The second kappa shape index (κ2) is 5.60. The molecule has 0 saturated heterocycles. The minimum Gasteiger partial charge on any atom is -0.211 e. The molecule has 0 radical (unpaired) electrons. The fraction of sp³-hybridized carbons (Fsp3) is 0.333. The van der Waals surface area contributed by atoms with E-state index >= 15 is 0 Å². The summed E-state index contributed by atoms with van der Waals surface area (Å²) < 4.78 is 27.8. The van der Waals surface area contributed by atoms with E-state index in [0.29, 0.717) is 11.4 Å². The molecule has 0 heterocycles. The Morgan fingerprint density at radius 2 is 2.13 bits per heavy atom. The third-order valence-electron chi connectivity index (χ3n) is 1.74. The van der Waals surface area contributed by atoms with Gasteiger partial charge in [0, 0.05) is 14.6 Å². The van der Waals surface area contributed by atoms with Crippen LogP contribution in [0.5, 0.6) is 0 Å². The first kappa shape index (κ1) is 13.4. The summed E-state index contributed by atoms with van der Waals surface area (Å²) in [6, 6.07) is 4.97. The Morgan fingerprint density at radius 1 is 1.47 bits per heavy atom. The van der Waals surface area contributed by atoms with Crippen LogP contribution in [-0.2, 0) is 10.0 Å². The first-order valence-corrected chi connectivity index (χ1v) is 7.77. The van der Waals surface area contributed by atoms with Gasteiger partial charge in [-0.3, -0.25) is 0 Å². The number of hydrogen-bond donors (Lipinski definition) is 1. The average Bonchev–Trinajstić information content (AvgIpc) is 2.19. The average molecular weight is 404 g/mol. The quantitative estimate of drug-likeness (QED) is 0.785. The van der Waals surface area contributed by atoms with Gasteiger partial charge in [-0.1, -0.05) is 6.92 Å². The highest BCUT2D eigenvalue weighted by Gasteiger charge is 2.13. The van der Waals surface area contributed by atoms with Crippen LogP contribution in [0.4, 0.5) is 0 Å². The van der Waals surface area contributed by atoms with Gasteiger partial charge < -0.3 is 0 Å². The standard InChI is InChI=1S/C9H11BrINO2S/c1-2-5-12-15(13,14)7-3-4-8(10)9(11)6-7/h3-4,6,12H,2,5H2,1H3. The first-order valence-electron chi connectivity index (χ1n) is 4.42. The van der Waals surface area contributed by atoms with Crippen LogP contribution in [0.15, 0.2) is 27.6 Å². The van der Waals surface area contributed by atoms with E-state index in [1.54, 1.807) is 18.2 Å². The second-order valence-corrected chi connectivity index (χ2v) is 6.76. The van der Waals surface area contributed by atoms with Gasteiger partial charge in [0.25, 0.3) is 0 Å². The van der Waals surface area contributed by atoms with Crippen molar-refractivity contribution in [3.8, 4) is 0 Å². The molecule has 84 valence electrons. The van der Waals surface area contributed by atoms with E-state index in [2.05, 4.69) is 43.2 Å². The normalized spacial score (nSPS) is 11.7. The largest absolute Gasteiger partial charge is 0.240 e. The highest BCUT2D eigenvalue weighted by Crippen LogP contribution is 2.22. The van der Waals surface area contributed by atoms with E-state index in [1.807, 2.05) is 6.92 Å². The van der Waals surface area contributed by atoms with Crippen LogP contribution in [-0.4, -0.2) is 15.0 Å². The van der Waals surface area contributed by atoms with E-state index in [9.17, 15) is 8.42 Å². The van der Waals surface area contributed by atoms with Crippen molar-refractivity contribution in [3.63, 3.8) is 0 Å². The van der Waals surface area contributed by atoms with E-state index < -0.39 is 10.0 Å². The van der Waals surface area contributed by atoms with Gasteiger partial charge in [0.1, 0.15) is 0 Å². The number of rotatable bonds is 4. The van der Waals surface area contributed by atoms with Gasteiger partial charge in [-0.25, -0.2) is 13.1 Å². The molecule has 0 spiro atoms. The summed E-state index contributed by atoms with van der Waals surface area (Å²) in [5, 5.41) is 0. The molecule has 1 aromatic rings. The Hall–Kier alpha value is 0.340. The van der Waals surface area contributed by atoms with Crippen molar-refractivity contribution in [1.29, 1.82) is 0 Å². The number of sulfonamides is 1. The third-order valence-corrected chi connectivity index (χ3v) is 5.53. The maximum absolute atomic E-state index is 11.7. The summed E-state index contributed by atoms with van der Waals surface area (Å²) in [5.74, 6) is 0. The van der Waals surface area contributed by atoms with Crippen LogP contribution >= 0.6 is 38.5 Å². The van der Waals surface area contributed by atoms with E-state index in [-0.39, 0.29) is 0 Å². The number of halogens is 2. The molecule has 0 saturated carbocycles. The molecule has 0 aliphatic heterocycles. The van der Waals surface area contributed by atoms with Crippen molar-refractivity contribution < 1.29 is 8.42 Å². The zero-order valence-electron chi connectivity index (χ0n) is 8.13. The molecule has 15 heavy (non-hydrogen) atoms. The van der Waals surface area contributed by atoms with E-state index in [1.165, 1.54) is 0 Å². The summed E-state index contributed by atoms with van der Waals surface area (Å²) in [7, 11) is -3.34. The van der Waals surface area contributed by atoms with Crippen LogP contribution in [0.2, 0.25) is 0 Å². The number of hydrogen-bond acceptors (Lipinski definition) is 2. The Morgan fingerprint density at radius 3 is 2.67 bits per heavy atom. The molecule has 6 heteroatoms. The molecule has 1 aromatic carbocycles. The van der Waals surface area contributed by atoms with E-state index in [0.717, 1.165) is 14.5 Å². The van der Waals surface area contributed by atoms with Crippen LogP contribution in [0.3, 0.4) is 0 Å². The van der Waals surface area contributed by atoms with Gasteiger partial charge in [0.05, 0.1) is 4.90 Å². The molecular formula is C9H11BrINO2S. The van der Waals surface area contributed by atoms with Gasteiger partial charge in [-0.2, -0.15) is 0 Å². The Bertz CT molecular complexity index is 447. The molecule has 1 N–H and O–H groups in total. The van der Waals surface area contributed by atoms with E-state index in [4.69, 9.17) is 0 Å². The highest BCUT2D eigenvalue weighted by atomic mass is 127. The van der Waals surface area contributed by atoms with Gasteiger partial charge in [-0.15, -0.1) is 0 Å². The predicted octanol–water partition coefficient (Wildman–Crippen LogP) is 2.74. The molecule has 0 bridgehead atoms. The van der Waals surface area contributed by atoms with Crippen molar-refractivity contribution in [3.05, 3.63) is 26.2 Å². The molecule has 0 amide bonds. The van der Waals surface area contributed by atoms with Crippen LogP contribution in [0, 0.1) is 3.57 Å². The van der Waals surface area contributed by atoms with Gasteiger partial charge in [0.15, 0.2) is 0 Å². The van der Waals surface area contributed by atoms with Gasteiger partial charge >= 0.3 is 0 Å². The third kappa shape index (κ3) is 3.69. The summed E-state index contributed by atoms with van der Waals surface area (Å²) >= 11 is 5.41. The highest BCUT2D eigenvalue weighted by molar-refractivity contribution is 14.1. The summed E-state index contributed by atoms with van der Waals surface area (Å²) in [5.41, 5.74) is 0. The molecule has 3 nitrogen and oxygen atoms in total. The van der Waals surface area contributed by atoms with Crippen LogP contribution in [0.25, 0.3) is 0 Å². The molecule has 0 fully saturated rings. The summed E-state index contributed by atoms with van der Waals surface area (Å²) in [4.78, 5) is 0.309. The maximum atomic E-state index is 11.7. The summed E-state index contributed by atoms with van der Waals surface area (Å²) in [6.45, 7) is 2.39. The molecule has 0 aliphatic rings. The lowest BCUT2D eigenvalue weighted by Gasteiger charge is -2.06. The molecular weight excluding hydrogens is 393 g/mol. The van der Waals surface area contributed by atoms with Crippen molar-refractivity contribution >= 4 is 48.5 Å². The Balaban J connectivity index is 3.00. The molecule has 0 aromatic heterocycles. The molecule has 0 aliphatic carbocycles. The smallest absolute Gasteiger partial charge is 0.211 e. The second-order valence-electron chi connectivity index (χ2n) is 2.97. The topological polar surface area (TPSA) is 46.2 Å². The number of benzene rings is 1. The SMILES string of the molecule is CCCNS(=O)(=O)c1ccc(Br)c(I)c1. The van der Waals surface area contributed by atoms with Crippen molar-refractivity contribution in [2.24, 2.45) is 0 Å². The van der Waals surface area contributed by atoms with Crippen molar-refractivity contribution in [1.82, 2.24) is 4.72 Å². The van der Waals surface area contributed by atoms with Crippen LogP contribution < -0.4 is 4.72 Å². The fourth-order valence-electron chi connectivity index (χ4n) is 0.964. The zero-order chi connectivity index (χ0) is 11.5. The molecule has 1 rings (SSSR count). The van der Waals surface area contributed by atoms with Crippen LogP contribution in [0.1, 0.15) is 13.3 Å². The minimum atomic E-state index is -3.34. The summed E-state index contributed by atoms with van der Waals surface area (Å²) in [6.07, 6.45) is 0.785. The lowest BCUT2D eigenvalue weighted by atomic mass is 10.4.